The van der Waals surface area contributed by atoms with Gasteiger partial charge in [0.25, 0.3) is 0 Å². The lowest BCUT2D eigenvalue weighted by Crippen LogP contribution is -2.37. The van der Waals surface area contributed by atoms with Gasteiger partial charge in [0.15, 0.2) is 5.96 Å². The number of nitrogens with zero attached hydrogens (tertiary/aromatic N) is 2. The highest BCUT2D eigenvalue weighted by Gasteiger charge is 2.20. The van der Waals surface area contributed by atoms with Gasteiger partial charge in [-0.05, 0) is 30.7 Å². The number of halogens is 1. The molecule has 1 saturated carbocycles. The van der Waals surface area contributed by atoms with E-state index in [9.17, 15) is 0 Å². The number of ether oxygens (including phenoxy) is 3. The number of guanidine groups is 1. The van der Waals surface area contributed by atoms with Gasteiger partial charge in [0.2, 0.25) is 5.88 Å². The summed E-state index contributed by atoms with van der Waals surface area (Å²) in [4.78, 5) is 8.50. The highest BCUT2D eigenvalue weighted by Crippen LogP contribution is 2.28. The predicted octanol–water partition coefficient (Wildman–Crippen LogP) is 2.21. The minimum Gasteiger partial charge on any atom is -0.475 e. The first-order valence-corrected chi connectivity index (χ1v) is 8.90. The van der Waals surface area contributed by atoms with Gasteiger partial charge in [-0.1, -0.05) is 6.07 Å². The predicted molar refractivity (Wildman–Crippen MR) is 113 cm³/mol. The maximum Gasteiger partial charge on any atom is 0.213 e. The monoisotopic (exact) mass is 478 g/mol. The molecular formula is C18H31IN4O3. The summed E-state index contributed by atoms with van der Waals surface area (Å²) < 4.78 is 16.0. The molecule has 0 aliphatic heterocycles. The molecule has 1 fully saturated rings. The molecule has 0 saturated heterocycles. The van der Waals surface area contributed by atoms with Crippen LogP contribution in [0.1, 0.15) is 24.8 Å². The zero-order valence-electron chi connectivity index (χ0n) is 15.7. The van der Waals surface area contributed by atoms with Crippen LogP contribution in [0.5, 0.6) is 5.88 Å². The zero-order chi connectivity index (χ0) is 17.7. The Morgan fingerprint density at radius 3 is 2.73 bits per heavy atom. The van der Waals surface area contributed by atoms with E-state index < -0.39 is 0 Å². The second-order valence-electron chi connectivity index (χ2n) is 6.07. The van der Waals surface area contributed by atoms with Gasteiger partial charge in [0.05, 0.1) is 6.61 Å². The average Bonchev–Trinajstić information content (AvgIpc) is 3.46. The summed E-state index contributed by atoms with van der Waals surface area (Å²) in [6, 6.07) is 3.85. The van der Waals surface area contributed by atoms with E-state index in [0.29, 0.717) is 25.6 Å². The maximum atomic E-state index is 5.62. The Kier molecular flexibility index (Phi) is 12.3. The van der Waals surface area contributed by atoms with Gasteiger partial charge in [0, 0.05) is 52.7 Å². The molecule has 0 radical (unpaired) electrons. The lowest BCUT2D eigenvalue weighted by molar-refractivity contribution is 0.123. The molecule has 1 aliphatic rings. The number of nitrogens with one attached hydrogen (secondary N) is 2. The van der Waals surface area contributed by atoms with Crippen molar-refractivity contribution in [1.82, 2.24) is 15.6 Å². The van der Waals surface area contributed by atoms with Gasteiger partial charge in [-0.15, -0.1) is 24.0 Å². The van der Waals surface area contributed by atoms with Gasteiger partial charge in [0.1, 0.15) is 6.61 Å². The highest BCUT2D eigenvalue weighted by molar-refractivity contribution is 14.0. The van der Waals surface area contributed by atoms with Crippen LogP contribution in [0.4, 0.5) is 0 Å². The van der Waals surface area contributed by atoms with Crippen molar-refractivity contribution in [3.8, 4) is 5.88 Å². The Hall–Kier alpha value is -1.13. The average molecular weight is 478 g/mol. The lowest BCUT2D eigenvalue weighted by atomic mass is 10.3. The smallest absolute Gasteiger partial charge is 0.213 e. The van der Waals surface area contributed by atoms with E-state index in [-0.39, 0.29) is 24.0 Å². The fourth-order valence-corrected chi connectivity index (χ4v) is 2.15. The van der Waals surface area contributed by atoms with Crippen LogP contribution in [0.2, 0.25) is 0 Å². The summed E-state index contributed by atoms with van der Waals surface area (Å²) in [5.74, 6) is 2.21. The fraction of sp³-hybridized carbons (Fsp3) is 0.667. The SMILES string of the molecule is CN=C(NCCCOCC1CC1)NCc1ccc(OCCOC)nc1.I. The molecule has 0 atom stereocenters. The summed E-state index contributed by atoms with van der Waals surface area (Å²) in [5.41, 5.74) is 1.06. The summed E-state index contributed by atoms with van der Waals surface area (Å²) in [5, 5.41) is 6.56. The van der Waals surface area contributed by atoms with Crippen molar-refractivity contribution in [2.75, 3.05) is 47.1 Å². The fourth-order valence-electron chi connectivity index (χ4n) is 2.15. The molecule has 26 heavy (non-hydrogen) atoms. The van der Waals surface area contributed by atoms with Crippen LogP contribution in [0.25, 0.3) is 0 Å². The third-order valence-electron chi connectivity index (χ3n) is 3.83. The Balaban J connectivity index is 0.00000338. The van der Waals surface area contributed by atoms with Crippen molar-refractivity contribution in [1.29, 1.82) is 0 Å². The van der Waals surface area contributed by atoms with Gasteiger partial charge >= 0.3 is 0 Å². The quantitative estimate of drug-likeness (QED) is 0.208. The Morgan fingerprint density at radius 2 is 2.08 bits per heavy atom. The Bertz CT molecular complexity index is 510. The highest BCUT2D eigenvalue weighted by atomic mass is 127. The minimum atomic E-state index is 0. The standard InChI is InChI=1S/C18H30N4O3.HI/c1-19-18(20-8-3-9-24-14-15-4-5-15)22-13-16-6-7-17(21-12-16)25-11-10-23-2;/h6-7,12,15H,3-5,8-11,13-14H2,1-2H3,(H2,19,20,22);1H. The maximum absolute atomic E-state index is 5.62. The Morgan fingerprint density at radius 1 is 1.23 bits per heavy atom. The first-order chi connectivity index (χ1) is 12.3. The van der Waals surface area contributed by atoms with E-state index in [1.165, 1.54) is 12.8 Å². The van der Waals surface area contributed by atoms with Crippen molar-refractivity contribution < 1.29 is 14.2 Å². The van der Waals surface area contributed by atoms with Crippen LogP contribution in [0.15, 0.2) is 23.3 Å². The van der Waals surface area contributed by atoms with Crippen molar-refractivity contribution in [3.63, 3.8) is 0 Å². The molecule has 0 unspecified atom stereocenters. The molecule has 0 amide bonds. The molecule has 148 valence electrons. The third-order valence-corrected chi connectivity index (χ3v) is 3.83. The molecule has 2 N–H and O–H groups in total. The molecule has 2 rings (SSSR count). The molecule has 1 aromatic rings. The van der Waals surface area contributed by atoms with Crippen molar-refractivity contribution in [2.24, 2.45) is 10.9 Å². The topological polar surface area (TPSA) is 77.0 Å². The molecule has 8 heteroatoms. The second kappa shape index (κ2) is 14.0. The van der Waals surface area contributed by atoms with Gasteiger partial charge in [-0.25, -0.2) is 4.98 Å². The van der Waals surface area contributed by atoms with E-state index in [4.69, 9.17) is 14.2 Å². The van der Waals surface area contributed by atoms with Crippen LogP contribution in [-0.2, 0) is 16.0 Å². The normalized spacial score (nSPS) is 13.8. The van der Waals surface area contributed by atoms with E-state index in [1.54, 1.807) is 20.4 Å². The van der Waals surface area contributed by atoms with E-state index >= 15 is 0 Å². The van der Waals surface area contributed by atoms with E-state index in [0.717, 1.165) is 43.6 Å². The molecule has 1 aliphatic carbocycles. The molecule has 1 aromatic heterocycles. The first kappa shape index (κ1) is 22.9. The minimum absolute atomic E-state index is 0. The van der Waals surface area contributed by atoms with Gasteiger partial charge < -0.3 is 24.8 Å². The molecule has 7 nitrogen and oxygen atoms in total. The van der Waals surface area contributed by atoms with Crippen molar-refractivity contribution >= 4 is 29.9 Å². The third kappa shape index (κ3) is 10.1. The summed E-state index contributed by atoms with van der Waals surface area (Å²) in [6.45, 7) is 4.28. The second-order valence-corrected chi connectivity index (χ2v) is 6.07. The van der Waals surface area contributed by atoms with Crippen molar-refractivity contribution in [3.05, 3.63) is 23.9 Å². The number of aliphatic imine (C=N–C) groups is 1. The van der Waals surface area contributed by atoms with E-state index in [2.05, 4.69) is 20.6 Å². The van der Waals surface area contributed by atoms with Crippen LogP contribution in [0, 0.1) is 5.92 Å². The Labute approximate surface area is 173 Å². The van der Waals surface area contributed by atoms with Crippen molar-refractivity contribution in [2.45, 2.75) is 25.8 Å². The molecular weight excluding hydrogens is 447 g/mol. The van der Waals surface area contributed by atoms with E-state index in [1.807, 2.05) is 12.1 Å². The summed E-state index contributed by atoms with van der Waals surface area (Å²) >= 11 is 0. The number of hydrogen-bond acceptors (Lipinski definition) is 5. The molecule has 1 heterocycles. The van der Waals surface area contributed by atoms with Gasteiger partial charge in [-0.3, -0.25) is 4.99 Å². The van der Waals surface area contributed by atoms with Gasteiger partial charge in [-0.2, -0.15) is 0 Å². The number of rotatable bonds is 12. The number of hydrogen-bond donors (Lipinski definition) is 2. The lowest BCUT2D eigenvalue weighted by Gasteiger charge is -2.12. The summed E-state index contributed by atoms with van der Waals surface area (Å²) in [6.07, 6.45) is 5.45. The molecule has 0 aromatic carbocycles. The number of aromatic nitrogens is 1. The van der Waals surface area contributed by atoms with Crippen LogP contribution in [-0.4, -0.2) is 58.1 Å². The summed E-state index contributed by atoms with van der Waals surface area (Å²) in [7, 11) is 3.41. The largest absolute Gasteiger partial charge is 0.475 e. The van der Waals surface area contributed by atoms with Crippen LogP contribution in [0.3, 0.4) is 0 Å². The van der Waals surface area contributed by atoms with Crippen LogP contribution >= 0.6 is 24.0 Å². The number of pyridine rings is 1. The van der Waals surface area contributed by atoms with Crippen LogP contribution < -0.4 is 15.4 Å². The molecule has 0 spiro atoms. The zero-order valence-corrected chi connectivity index (χ0v) is 18.0. The number of methoxy groups -OCH3 is 1. The first-order valence-electron chi connectivity index (χ1n) is 8.90. The molecule has 0 bridgehead atoms.